The van der Waals surface area contributed by atoms with Gasteiger partial charge in [-0.15, -0.1) is 0 Å². The second-order valence-electron chi connectivity index (χ2n) is 6.40. The average Bonchev–Trinajstić information content (AvgIpc) is 2.45. The Balaban J connectivity index is 2.24. The molecule has 0 aliphatic carbocycles. The maximum atomic E-state index is 12.3. The van der Waals surface area contributed by atoms with Crippen LogP contribution in [0.3, 0.4) is 0 Å². The number of amides is 1. The van der Waals surface area contributed by atoms with Crippen molar-refractivity contribution in [3.8, 4) is 0 Å². The summed E-state index contributed by atoms with van der Waals surface area (Å²) in [7, 11) is 0. The molecule has 2 rings (SSSR count). The number of carbonyl (C=O) groups is 1. The number of aromatic nitrogens is 1. The van der Waals surface area contributed by atoms with Crippen molar-refractivity contribution in [3.05, 3.63) is 66.0 Å². The molecule has 1 heterocycles. The molecule has 1 atom stereocenters. The van der Waals surface area contributed by atoms with Crippen molar-refractivity contribution < 1.29 is 4.79 Å². The van der Waals surface area contributed by atoms with Crippen LogP contribution in [0.15, 0.2) is 54.7 Å². The van der Waals surface area contributed by atoms with Gasteiger partial charge in [0.25, 0.3) is 0 Å². The largest absolute Gasteiger partial charge is 0.344 e. The van der Waals surface area contributed by atoms with E-state index in [1.165, 1.54) is 0 Å². The van der Waals surface area contributed by atoms with Crippen molar-refractivity contribution >= 4 is 5.91 Å². The summed E-state index contributed by atoms with van der Waals surface area (Å²) in [6.45, 7) is 6.18. The highest BCUT2D eigenvalue weighted by molar-refractivity contribution is 5.77. The molecular weight excluding hydrogens is 260 g/mol. The number of pyridine rings is 1. The van der Waals surface area contributed by atoms with Gasteiger partial charge in [0.05, 0.1) is 11.7 Å². The Morgan fingerprint density at radius 3 is 2.33 bits per heavy atom. The van der Waals surface area contributed by atoms with Gasteiger partial charge >= 0.3 is 0 Å². The molecule has 0 spiro atoms. The van der Waals surface area contributed by atoms with Crippen LogP contribution in [-0.2, 0) is 4.79 Å². The van der Waals surface area contributed by atoms with Crippen LogP contribution in [-0.4, -0.2) is 10.9 Å². The molecule has 110 valence electrons. The Morgan fingerprint density at radius 2 is 1.76 bits per heavy atom. The molecule has 3 nitrogen and oxygen atoms in total. The summed E-state index contributed by atoms with van der Waals surface area (Å²) in [6, 6.07) is 15.5. The van der Waals surface area contributed by atoms with Crippen molar-refractivity contribution in [2.45, 2.75) is 33.2 Å². The van der Waals surface area contributed by atoms with E-state index < -0.39 is 0 Å². The van der Waals surface area contributed by atoms with Crippen LogP contribution in [0, 0.1) is 5.41 Å². The minimum atomic E-state index is -0.206. The van der Waals surface area contributed by atoms with E-state index in [1.54, 1.807) is 6.20 Å². The van der Waals surface area contributed by atoms with Gasteiger partial charge in [-0.1, -0.05) is 57.2 Å². The molecule has 21 heavy (non-hydrogen) atoms. The van der Waals surface area contributed by atoms with E-state index in [-0.39, 0.29) is 17.4 Å². The number of nitrogens with one attached hydrogen (secondary N) is 1. The molecule has 0 saturated heterocycles. The second-order valence-corrected chi connectivity index (χ2v) is 6.40. The Morgan fingerprint density at radius 1 is 1.10 bits per heavy atom. The predicted molar refractivity (Wildman–Crippen MR) is 84.7 cm³/mol. The van der Waals surface area contributed by atoms with E-state index in [4.69, 9.17) is 0 Å². The zero-order chi connectivity index (χ0) is 15.3. The van der Waals surface area contributed by atoms with Crippen LogP contribution in [0.4, 0.5) is 0 Å². The first kappa shape index (κ1) is 15.2. The quantitative estimate of drug-likeness (QED) is 0.928. The molecule has 0 fully saturated rings. The standard InChI is InChI=1S/C18H22N2O/c1-18(2,3)13-16(21)20-17(14-9-5-4-6-10-14)15-11-7-8-12-19-15/h4-12,17H,13H2,1-3H3,(H,20,21)/t17-/m0/s1. The monoisotopic (exact) mass is 282 g/mol. The van der Waals surface area contributed by atoms with Crippen LogP contribution in [0.2, 0.25) is 0 Å². The first-order valence-electron chi connectivity index (χ1n) is 7.21. The van der Waals surface area contributed by atoms with Gasteiger partial charge in [-0.3, -0.25) is 9.78 Å². The zero-order valence-electron chi connectivity index (χ0n) is 12.8. The van der Waals surface area contributed by atoms with Crippen molar-refractivity contribution in [2.24, 2.45) is 5.41 Å². The summed E-state index contributed by atoms with van der Waals surface area (Å²) >= 11 is 0. The molecule has 1 aromatic heterocycles. The Kier molecular flexibility index (Phi) is 4.73. The first-order valence-corrected chi connectivity index (χ1v) is 7.21. The lowest BCUT2D eigenvalue weighted by atomic mass is 9.91. The summed E-state index contributed by atoms with van der Waals surface area (Å²) in [5.74, 6) is 0.0435. The second kappa shape index (κ2) is 6.53. The van der Waals surface area contributed by atoms with Crippen LogP contribution < -0.4 is 5.32 Å². The van der Waals surface area contributed by atoms with E-state index in [9.17, 15) is 4.79 Å². The third kappa shape index (κ3) is 4.71. The molecule has 3 heteroatoms. The number of rotatable bonds is 4. The van der Waals surface area contributed by atoms with E-state index in [1.807, 2.05) is 48.5 Å². The number of hydrogen-bond acceptors (Lipinski definition) is 2. The Bertz CT molecular complexity index is 534. The molecule has 0 unspecified atom stereocenters. The lowest BCUT2D eigenvalue weighted by molar-refractivity contribution is -0.123. The third-order valence-corrected chi connectivity index (χ3v) is 3.11. The predicted octanol–water partition coefficient (Wildman–Crippen LogP) is 3.72. The van der Waals surface area contributed by atoms with Gasteiger partial charge < -0.3 is 5.32 Å². The van der Waals surface area contributed by atoms with Gasteiger partial charge in [-0.05, 0) is 23.1 Å². The smallest absolute Gasteiger partial charge is 0.221 e. The SMILES string of the molecule is CC(C)(C)CC(=O)N[C@@H](c1ccccc1)c1ccccn1. The van der Waals surface area contributed by atoms with Gasteiger partial charge in [-0.2, -0.15) is 0 Å². The van der Waals surface area contributed by atoms with Crippen LogP contribution in [0.5, 0.6) is 0 Å². The fourth-order valence-electron chi connectivity index (χ4n) is 2.21. The third-order valence-electron chi connectivity index (χ3n) is 3.11. The van der Waals surface area contributed by atoms with Crippen molar-refractivity contribution in [1.29, 1.82) is 0 Å². The molecule has 0 saturated carbocycles. The van der Waals surface area contributed by atoms with Gasteiger partial charge in [0.2, 0.25) is 5.91 Å². The van der Waals surface area contributed by atoms with Gasteiger partial charge in [0, 0.05) is 12.6 Å². The number of carbonyl (C=O) groups excluding carboxylic acids is 1. The highest BCUT2D eigenvalue weighted by Crippen LogP contribution is 2.23. The van der Waals surface area contributed by atoms with E-state index in [2.05, 4.69) is 31.1 Å². The molecule has 2 aromatic rings. The highest BCUT2D eigenvalue weighted by atomic mass is 16.1. The lowest BCUT2D eigenvalue weighted by Crippen LogP contribution is -2.32. The minimum Gasteiger partial charge on any atom is -0.344 e. The average molecular weight is 282 g/mol. The lowest BCUT2D eigenvalue weighted by Gasteiger charge is -2.22. The Hall–Kier alpha value is -2.16. The van der Waals surface area contributed by atoms with Crippen LogP contribution in [0.25, 0.3) is 0 Å². The van der Waals surface area contributed by atoms with Crippen molar-refractivity contribution in [1.82, 2.24) is 10.3 Å². The molecule has 1 N–H and O–H groups in total. The summed E-state index contributed by atoms with van der Waals surface area (Å²) in [5.41, 5.74) is 1.86. The van der Waals surface area contributed by atoms with Gasteiger partial charge in [0.15, 0.2) is 0 Å². The van der Waals surface area contributed by atoms with E-state index in [0.717, 1.165) is 11.3 Å². The maximum Gasteiger partial charge on any atom is 0.221 e. The normalized spacial score (nSPS) is 12.7. The fourth-order valence-corrected chi connectivity index (χ4v) is 2.21. The topological polar surface area (TPSA) is 42.0 Å². The fraction of sp³-hybridized carbons (Fsp3) is 0.333. The van der Waals surface area contributed by atoms with Crippen LogP contribution >= 0.6 is 0 Å². The summed E-state index contributed by atoms with van der Waals surface area (Å²) < 4.78 is 0. The molecule has 1 aromatic carbocycles. The molecule has 0 aliphatic heterocycles. The molecule has 0 aliphatic rings. The van der Waals surface area contributed by atoms with E-state index in [0.29, 0.717) is 6.42 Å². The molecule has 0 radical (unpaired) electrons. The Labute approximate surface area is 126 Å². The molecule has 1 amide bonds. The van der Waals surface area contributed by atoms with Crippen molar-refractivity contribution in [3.63, 3.8) is 0 Å². The van der Waals surface area contributed by atoms with E-state index >= 15 is 0 Å². The number of nitrogens with zero attached hydrogens (tertiary/aromatic N) is 1. The zero-order valence-corrected chi connectivity index (χ0v) is 12.8. The van der Waals surface area contributed by atoms with Gasteiger partial charge in [0.1, 0.15) is 0 Å². The highest BCUT2D eigenvalue weighted by Gasteiger charge is 2.21. The number of benzene rings is 1. The maximum absolute atomic E-state index is 12.3. The first-order chi connectivity index (χ1) is 9.96. The van der Waals surface area contributed by atoms with Crippen LogP contribution in [0.1, 0.15) is 44.5 Å². The molecule has 0 bridgehead atoms. The van der Waals surface area contributed by atoms with Gasteiger partial charge in [-0.25, -0.2) is 0 Å². The number of hydrogen-bond donors (Lipinski definition) is 1. The molecular formula is C18H22N2O. The van der Waals surface area contributed by atoms with Crippen molar-refractivity contribution in [2.75, 3.05) is 0 Å². The summed E-state index contributed by atoms with van der Waals surface area (Å²) in [5, 5.41) is 3.10. The summed E-state index contributed by atoms with van der Waals surface area (Å²) in [6.07, 6.45) is 2.24. The minimum absolute atomic E-state index is 0.0323. The summed E-state index contributed by atoms with van der Waals surface area (Å²) in [4.78, 5) is 16.7.